The van der Waals surface area contributed by atoms with E-state index < -0.39 is 22.3 Å². The number of nitrogen functional groups attached to an aromatic ring is 1. The summed E-state index contributed by atoms with van der Waals surface area (Å²) in [5.41, 5.74) is 4.14. The Kier molecular flexibility index (Phi) is 6.62. The normalized spacial score (nSPS) is 12.7. The fourth-order valence-electron chi connectivity index (χ4n) is 2.12. The number of thiazole rings is 1. The third-order valence-corrected chi connectivity index (χ3v) is 6.08. The number of hydrogen-bond donors (Lipinski definition) is 1. The molecule has 0 unspecified atom stereocenters. The highest BCUT2D eigenvalue weighted by Crippen LogP contribution is 2.31. The second-order valence-electron chi connectivity index (χ2n) is 7.84. The Morgan fingerprint density at radius 1 is 1.13 bits per heavy atom. The number of hydrogen-bond acceptors (Lipinski definition) is 12. The molecule has 2 aromatic heterocycles. The molecule has 3 aromatic rings. The molecule has 0 aliphatic carbocycles. The van der Waals surface area contributed by atoms with E-state index in [1.807, 2.05) is 24.3 Å². The van der Waals surface area contributed by atoms with E-state index in [4.69, 9.17) is 15.3 Å². The summed E-state index contributed by atoms with van der Waals surface area (Å²) >= 11 is 3.17. The van der Waals surface area contributed by atoms with Crippen LogP contribution in [-0.4, -0.2) is 42.3 Å². The number of anilines is 1. The zero-order chi connectivity index (χ0) is 22.8. The summed E-state index contributed by atoms with van der Waals surface area (Å²) < 4.78 is 10.9. The van der Waals surface area contributed by atoms with Gasteiger partial charge < -0.3 is 15.3 Å². The third kappa shape index (κ3) is 5.99. The topological polar surface area (TPSA) is 130 Å². The van der Waals surface area contributed by atoms with Crippen LogP contribution in [0, 0.1) is 0 Å². The molecule has 0 spiro atoms. The van der Waals surface area contributed by atoms with Crippen molar-refractivity contribution in [2.24, 2.45) is 5.16 Å². The van der Waals surface area contributed by atoms with Gasteiger partial charge in [-0.25, -0.2) is 9.78 Å². The van der Waals surface area contributed by atoms with Gasteiger partial charge in [0.2, 0.25) is 17.1 Å². The van der Waals surface area contributed by atoms with Crippen LogP contribution in [-0.2, 0) is 19.2 Å². The number of nitrogens with zero attached hydrogens (tertiary/aromatic N) is 4. The van der Waals surface area contributed by atoms with E-state index in [1.54, 1.807) is 20.8 Å². The average Bonchev–Trinajstić information content (AvgIpc) is 3.25. The first-order valence-electron chi connectivity index (χ1n) is 9.11. The minimum absolute atomic E-state index is 0.0149. The van der Waals surface area contributed by atoms with Crippen molar-refractivity contribution in [2.75, 3.05) is 5.73 Å². The molecule has 0 bridgehead atoms. The lowest BCUT2D eigenvalue weighted by Crippen LogP contribution is -2.40. The van der Waals surface area contributed by atoms with Gasteiger partial charge in [0.05, 0.1) is 10.2 Å². The molecule has 9 nitrogen and oxygen atoms in total. The van der Waals surface area contributed by atoms with Gasteiger partial charge >= 0.3 is 5.97 Å². The highest BCUT2D eigenvalue weighted by molar-refractivity contribution is 8.16. The van der Waals surface area contributed by atoms with Crippen LogP contribution in [0.5, 0.6) is 0 Å². The maximum atomic E-state index is 13.0. The number of benzene rings is 1. The maximum Gasteiger partial charge on any atom is 0.353 e. The van der Waals surface area contributed by atoms with Gasteiger partial charge in [-0.05, 0) is 58.5 Å². The molecule has 0 fully saturated rings. The summed E-state index contributed by atoms with van der Waals surface area (Å²) in [5, 5.41) is 3.61. The summed E-state index contributed by atoms with van der Waals surface area (Å²) in [4.78, 5) is 39.3. The van der Waals surface area contributed by atoms with Crippen LogP contribution < -0.4 is 5.73 Å². The number of esters is 1. The Bertz CT molecular complexity index is 1110. The van der Waals surface area contributed by atoms with Crippen LogP contribution in [0.4, 0.5) is 5.13 Å². The second-order valence-corrected chi connectivity index (χ2v) is 10.9. The molecular weight excluding hydrogens is 458 g/mol. The van der Waals surface area contributed by atoms with Crippen LogP contribution in [0.3, 0.4) is 0 Å². The lowest BCUT2D eigenvalue weighted by Gasteiger charge is -2.26. The van der Waals surface area contributed by atoms with Gasteiger partial charge in [0.1, 0.15) is 5.60 Å². The van der Waals surface area contributed by atoms with Gasteiger partial charge in [-0.15, -0.1) is 11.3 Å². The van der Waals surface area contributed by atoms with Crippen molar-refractivity contribution < 1.29 is 19.2 Å². The molecule has 0 atom stereocenters. The number of fused-ring (bicyclic) bond motifs is 1. The van der Waals surface area contributed by atoms with Crippen molar-refractivity contribution in [1.29, 1.82) is 0 Å². The smallest absolute Gasteiger partial charge is 0.353 e. The van der Waals surface area contributed by atoms with E-state index in [1.165, 1.54) is 25.2 Å². The lowest BCUT2D eigenvalue weighted by atomic mass is 10.1. The quantitative estimate of drug-likeness (QED) is 0.242. The summed E-state index contributed by atoms with van der Waals surface area (Å²) in [7, 11) is 0. The minimum Gasteiger partial charge on any atom is -0.457 e. The second kappa shape index (κ2) is 8.89. The molecule has 0 aliphatic heterocycles. The molecule has 0 radical (unpaired) electrons. The SMILES string of the molecule is CC(C)(C)OC(=O)C(C)(C)ON=C(C(=O)Sc1nc2ccccc2s1)c1nsc(N)n1. The van der Waals surface area contributed by atoms with E-state index in [-0.39, 0.29) is 16.7 Å². The van der Waals surface area contributed by atoms with Crippen molar-refractivity contribution in [1.82, 2.24) is 14.3 Å². The molecule has 1 aromatic carbocycles. The molecule has 0 saturated heterocycles. The van der Waals surface area contributed by atoms with E-state index in [0.29, 0.717) is 4.34 Å². The lowest BCUT2D eigenvalue weighted by molar-refractivity contribution is -0.179. The average molecular weight is 480 g/mol. The van der Waals surface area contributed by atoms with Gasteiger partial charge in [-0.3, -0.25) is 4.79 Å². The van der Waals surface area contributed by atoms with Crippen LogP contribution in [0.25, 0.3) is 10.2 Å². The van der Waals surface area contributed by atoms with Crippen LogP contribution in [0.2, 0.25) is 0 Å². The van der Waals surface area contributed by atoms with Crippen LogP contribution in [0.1, 0.15) is 40.4 Å². The number of aromatic nitrogens is 3. The summed E-state index contributed by atoms with van der Waals surface area (Å²) in [6.45, 7) is 8.23. The van der Waals surface area contributed by atoms with Gasteiger partial charge in [0.25, 0.3) is 5.12 Å². The molecular formula is C19H21N5O4S3. The van der Waals surface area contributed by atoms with E-state index in [2.05, 4.69) is 19.5 Å². The van der Waals surface area contributed by atoms with Crippen LogP contribution >= 0.6 is 34.6 Å². The zero-order valence-electron chi connectivity index (χ0n) is 17.5. The van der Waals surface area contributed by atoms with Crippen molar-refractivity contribution in [2.45, 2.75) is 50.2 Å². The fourth-order valence-corrected chi connectivity index (χ4v) is 4.44. The number of oxime groups is 1. The van der Waals surface area contributed by atoms with Gasteiger partial charge in [-0.2, -0.15) is 9.36 Å². The van der Waals surface area contributed by atoms with E-state index >= 15 is 0 Å². The number of para-hydroxylation sites is 1. The number of carbonyl (C=O) groups excluding carboxylic acids is 2. The maximum absolute atomic E-state index is 13.0. The first-order valence-corrected chi connectivity index (χ1v) is 11.5. The molecule has 164 valence electrons. The van der Waals surface area contributed by atoms with Crippen molar-refractivity contribution >= 4 is 66.8 Å². The van der Waals surface area contributed by atoms with Crippen molar-refractivity contribution in [3.05, 3.63) is 30.1 Å². The predicted molar refractivity (Wildman–Crippen MR) is 122 cm³/mol. The van der Waals surface area contributed by atoms with E-state index in [9.17, 15) is 9.59 Å². The largest absolute Gasteiger partial charge is 0.457 e. The van der Waals surface area contributed by atoms with E-state index in [0.717, 1.165) is 33.5 Å². The summed E-state index contributed by atoms with van der Waals surface area (Å²) in [5.74, 6) is -0.610. The Morgan fingerprint density at radius 2 is 1.84 bits per heavy atom. The van der Waals surface area contributed by atoms with Crippen LogP contribution in [0.15, 0.2) is 33.8 Å². The van der Waals surface area contributed by atoms with Gasteiger partial charge in [-0.1, -0.05) is 17.3 Å². The monoisotopic (exact) mass is 479 g/mol. The van der Waals surface area contributed by atoms with Gasteiger partial charge in [0.15, 0.2) is 9.47 Å². The molecule has 2 N–H and O–H groups in total. The van der Waals surface area contributed by atoms with Gasteiger partial charge in [0, 0.05) is 11.5 Å². The number of carbonyl (C=O) groups is 2. The minimum atomic E-state index is -1.44. The fraction of sp³-hybridized carbons (Fsp3) is 0.368. The number of ether oxygens (including phenoxy) is 1. The molecule has 0 amide bonds. The molecule has 0 saturated carbocycles. The molecule has 3 rings (SSSR count). The Morgan fingerprint density at radius 3 is 2.45 bits per heavy atom. The Hall–Kier alpha value is -2.57. The van der Waals surface area contributed by atoms with Crippen molar-refractivity contribution in [3.8, 4) is 0 Å². The summed E-state index contributed by atoms with van der Waals surface area (Å²) in [6.07, 6.45) is 0. The molecule has 2 heterocycles. The Balaban J connectivity index is 1.85. The number of thioether (sulfide) groups is 1. The molecule has 12 heteroatoms. The number of nitrogens with two attached hydrogens (primary N) is 1. The highest BCUT2D eigenvalue weighted by atomic mass is 32.2. The zero-order valence-corrected chi connectivity index (χ0v) is 20.0. The highest BCUT2D eigenvalue weighted by Gasteiger charge is 2.36. The molecule has 0 aliphatic rings. The Labute approximate surface area is 191 Å². The standard InChI is InChI=1S/C19H21N5O4S3/c1-18(2,3)27-15(26)19(4,5)28-23-12(13-22-16(20)31-24-13)14(25)30-17-21-10-8-6-7-9-11(10)29-17/h6-9H,1-5H3,(H2,20,22,24). The predicted octanol–water partition coefficient (Wildman–Crippen LogP) is 3.89. The third-order valence-electron chi connectivity index (χ3n) is 3.56. The first-order chi connectivity index (χ1) is 14.4. The molecule has 31 heavy (non-hydrogen) atoms. The first kappa shape index (κ1) is 23.1. The summed E-state index contributed by atoms with van der Waals surface area (Å²) in [6, 6.07) is 7.56. The number of rotatable bonds is 6. The van der Waals surface area contributed by atoms with Crippen molar-refractivity contribution in [3.63, 3.8) is 0 Å².